The number of nitrogens with one attached hydrogen (secondary N) is 3. The van der Waals surface area contributed by atoms with Crippen LogP contribution in [-0.4, -0.2) is 76.0 Å². The summed E-state index contributed by atoms with van der Waals surface area (Å²) < 4.78 is 0. The molecule has 10 heteroatoms. The van der Waals surface area contributed by atoms with Crippen molar-refractivity contribution in [1.82, 2.24) is 19.8 Å². The van der Waals surface area contributed by atoms with Crippen molar-refractivity contribution >= 4 is 46.7 Å². The maximum absolute atomic E-state index is 12.9. The maximum atomic E-state index is 12.9. The Morgan fingerprint density at radius 1 is 1.06 bits per heavy atom. The predicted octanol–water partition coefficient (Wildman–Crippen LogP) is 1.78. The van der Waals surface area contributed by atoms with Gasteiger partial charge in [-0.1, -0.05) is 18.2 Å². The smallest absolute Gasteiger partial charge is 0.295 e. The van der Waals surface area contributed by atoms with Crippen molar-refractivity contribution in [2.45, 2.75) is 0 Å². The molecule has 162 valence electrons. The normalized spacial score (nSPS) is 14.0. The fraction of sp³-hybridized carbons (Fsp3) is 0.182. The predicted molar refractivity (Wildman–Crippen MR) is 120 cm³/mol. The Labute approximate surface area is 183 Å². The van der Waals surface area contributed by atoms with Gasteiger partial charge in [0.15, 0.2) is 0 Å². The molecule has 2 amide bonds. The van der Waals surface area contributed by atoms with Crippen LogP contribution in [0.3, 0.4) is 0 Å². The van der Waals surface area contributed by atoms with Crippen LogP contribution in [0.4, 0.5) is 5.69 Å². The van der Waals surface area contributed by atoms with Gasteiger partial charge in [0.25, 0.3) is 17.6 Å². The lowest BCUT2D eigenvalue weighted by Crippen LogP contribution is -2.52. The van der Waals surface area contributed by atoms with Crippen LogP contribution in [0.5, 0.6) is 0 Å². The Bertz CT molecular complexity index is 1190. The molecule has 1 aromatic carbocycles. The van der Waals surface area contributed by atoms with Crippen molar-refractivity contribution in [2.24, 2.45) is 5.10 Å². The molecule has 10 nitrogen and oxygen atoms in total. The van der Waals surface area contributed by atoms with E-state index in [1.165, 1.54) is 23.5 Å². The number of H-pyrrole nitrogens is 1. The molecule has 0 spiro atoms. The van der Waals surface area contributed by atoms with E-state index in [-0.39, 0.29) is 24.6 Å². The van der Waals surface area contributed by atoms with Gasteiger partial charge < -0.3 is 20.2 Å². The van der Waals surface area contributed by atoms with E-state index in [1.54, 1.807) is 23.1 Å². The SMILES string of the molecule is N=C/C=N\Nc1ccnc2c(C(=O)C(=O)N3CCN(C(=O)c4ccccc4)CC3)c[nH]c12. The lowest BCUT2D eigenvalue weighted by atomic mass is 10.1. The minimum atomic E-state index is -0.660. The minimum Gasteiger partial charge on any atom is -0.357 e. The summed E-state index contributed by atoms with van der Waals surface area (Å²) in [5, 5.41) is 10.8. The lowest BCUT2D eigenvalue weighted by molar-refractivity contribution is -0.127. The van der Waals surface area contributed by atoms with Crippen molar-refractivity contribution in [3.8, 4) is 0 Å². The second-order valence-corrected chi connectivity index (χ2v) is 7.12. The van der Waals surface area contributed by atoms with Crippen LogP contribution < -0.4 is 5.43 Å². The number of hydrazone groups is 1. The average molecular weight is 431 g/mol. The number of aromatic amines is 1. The summed E-state index contributed by atoms with van der Waals surface area (Å²) in [6.07, 6.45) is 5.26. The number of piperazine rings is 1. The number of rotatable bonds is 6. The number of hydrogen-bond donors (Lipinski definition) is 3. The third-order valence-electron chi connectivity index (χ3n) is 5.21. The summed E-state index contributed by atoms with van der Waals surface area (Å²) in [6.45, 7) is 1.28. The number of hydrogen-bond acceptors (Lipinski definition) is 7. The highest BCUT2D eigenvalue weighted by Crippen LogP contribution is 2.24. The fourth-order valence-electron chi connectivity index (χ4n) is 3.57. The number of nitrogens with zero attached hydrogens (tertiary/aromatic N) is 4. The molecule has 0 bridgehead atoms. The Kier molecular flexibility index (Phi) is 6.02. The van der Waals surface area contributed by atoms with Crippen LogP contribution in [0.25, 0.3) is 11.0 Å². The first-order valence-electron chi connectivity index (χ1n) is 10.0. The summed E-state index contributed by atoms with van der Waals surface area (Å²) in [6, 6.07) is 10.6. The molecule has 0 unspecified atom stereocenters. The van der Waals surface area contributed by atoms with Crippen molar-refractivity contribution in [3.63, 3.8) is 0 Å². The molecule has 3 N–H and O–H groups in total. The molecule has 3 heterocycles. The highest BCUT2D eigenvalue weighted by Gasteiger charge is 2.30. The first kappa shape index (κ1) is 20.9. The molecule has 0 aliphatic carbocycles. The molecular formula is C22H21N7O3. The molecule has 0 atom stereocenters. The van der Waals surface area contributed by atoms with E-state index >= 15 is 0 Å². The molecule has 3 aromatic rings. The van der Waals surface area contributed by atoms with Gasteiger partial charge in [0.05, 0.1) is 23.0 Å². The van der Waals surface area contributed by atoms with E-state index in [4.69, 9.17) is 5.41 Å². The van der Waals surface area contributed by atoms with E-state index in [0.29, 0.717) is 35.4 Å². The molecular weight excluding hydrogens is 410 g/mol. The summed E-state index contributed by atoms with van der Waals surface area (Å²) in [5.41, 5.74) is 4.99. The van der Waals surface area contributed by atoms with Gasteiger partial charge in [0.1, 0.15) is 5.52 Å². The number of fused-ring (bicyclic) bond motifs is 1. The topological polar surface area (TPSA) is 135 Å². The Morgan fingerprint density at radius 3 is 2.50 bits per heavy atom. The number of carbonyl (C=O) groups excluding carboxylic acids is 3. The molecule has 32 heavy (non-hydrogen) atoms. The standard InChI is InChI=1S/C22H21N7O3/c23-7-9-26-27-17-6-8-24-18-16(14-25-19(17)18)20(30)22(32)29-12-10-28(11-13-29)21(31)15-4-2-1-3-5-15/h1-9,14,23,25H,10-13H2,(H,24,27)/b23-7?,26-9-. The highest BCUT2D eigenvalue weighted by molar-refractivity contribution is 6.44. The van der Waals surface area contributed by atoms with Crippen molar-refractivity contribution in [3.05, 3.63) is 59.9 Å². The van der Waals surface area contributed by atoms with Gasteiger partial charge in [-0.25, -0.2) is 0 Å². The van der Waals surface area contributed by atoms with E-state index in [9.17, 15) is 14.4 Å². The number of carbonyl (C=O) groups is 3. The Hall–Kier alpha value is -4.34. The van der Waals surface area contributed by atoms with Crippen LogP contribution in [0, 0.1) is 5.41 Å². The molecule has 0 radical (unpaired) electrons. The second kappa shape index (κ2) is 9.21. The molecule has 1 fully saturated rings. The number of pyridine rings is 1. The average Bonchev–Trinajstić information content (AvgIpc) is 3.28. The molecule has 2 aromatic heterocycles. The number of anilines is 1. The van der Waals surface area contributed by atoms with E-state index in [1.807, 2.05) is 18.2 Å². The first-order chi connectivity index (χ1) is 15.6. The van der Waals surface area contributed by atoms with Crippen molar-refractivity contribution in [2.75, 3.05) is 31.6 Å². The summed E-state index contributed by atoms with van der Waals surface area (Å²) in [7, 11) is 0. The van der Waals surface area contributed by atoms with E-state index in [2.05, 4.69) is 20.5 Å². The third kappa shape index (κ3) is 4.10. The van der Waals surface area contributed by atoms with Gasteiger partial charge in [-0.3, -0.25) is 24.8 Å². The lowest BCUT2D eigenvalue weighted by Gasteiger charge is -2.34. The minimum absolute atomic E-state index is 0.0874. The van der Waals surface area contributed by atoms with Crippen molar-refractivity contribution < 1.29 is 14.4 Å². The Balaban J connectivity index is 1.44. The van der Waals surface area contributed by atoms with Gasteiger partial charge in [0, 0.05) is 50.4 Å². The second-order valence-electron chi connectivity index (χ2n) is 7.12. The molecule has 1 saturated heterocycles. The van der Waals surface area contributed by atoms with Crippen LogP contribution in [0.15, 0.2) is 53.9 Å². The molecule has 4 rings (SSSR count). The summed E-state index contributed by atoms with van der Waals surface area (Å²) >= 11 is 0. The maximum Gasteiger partial charge on any atom is 0.295 e. The first-order valence-corrected chi connectivity index (χ1v) is 10.0. The van der Waals surface area contributed by atoms with Crippen LogP contribution >= 0.6 is 0 Å². The van der Waals surface area contributed by atoms with Gasteiger partial charge >= 0.3 is 0 Å². The monoisotopic (exact) mass is 431 g/mol. The Morgan fingerprint density at radius 2 is 1.78 bits per heavy atom. The zero-order chi connectivity index (χ0) is 22.5. The molecule has 1 aliphatic rings. The third-order valence-corrected chi connectivity index (χ3v) is 5.21. The zero-order valence-corrected chi connectivity index (χ0v) is 17.1. The van der Waals surface area contributed by atoms with Crippen LogP contribution in [0.2, 0.25) is 0 Å². The number of Topliss-reactive ketones (excluding diaryl/α,β-unsaturated/α-hetero) is 1. The molecule has 0 saturated carbocycles. The van der Waals surface area contributed by atoms with Gasteiger partial charge in [-0.15, -0.1) is 0 Å². The van der Waals surface area contributed by atoms with Gasteiger partial charge in [0.2, 0.25) is 0 Å². The number of ketones is 1. The van der Waals surface area contributed by atoms with Gasteiger partial charge in [-0.05, 0) is 18.2 Å². The van der Waals surface area contributed by atoms with Crippen LogP contribution in [0.1, 0.15) is 20.7 Å². The number of aromatic nitrogens is 2. The molecule has 1 aliphatic heterocycles. The van der Waals surface area contributed by atoms with Gasteiger partial charge in [-0.2, -0.15) is 5.10 Å². The quantitative estimate of drug-likeness (QED) is 0.237. The highest BCUT2D eigenvalue weighted by atomic mass is 16.2. The van der Waals surface area contributed by atoms with Crippen LogP contribution in [-0.2, 0) is 4.79 Å². The number of benzene rings is 1. The fourth-order valence-corrected chi connectivity index (χ4v) is 3.57. The van der Waals surface area contributed by atoms with Crippen molar-refractivity contribution in [1.29, 1.82) is 5.41 Å². The zero-order valence-electron chi connectivity index (χ0n) is 17.1. The van der Waals surface area contributed by atoms with E-state index < -0.39 is 11.7 Å². The van der Waals surface area contributed by atoms with E-state index in [0.717, 1.165) is 6.21 Å². The number of amides is 2. The summed E-state index contributed by atoms with van der Waals surface area (Å²) in [5.74, 6) is -1.37. The summed E-state index contributed by atoms with van der Waals surface area (Å²) in [4.78, 5) is 48.7. The largest absolute Gasteiger partial charge is 0.357 e.